The van der Waals surface area contributed by atoms with Crippen LogP contribution in [0.2, 0.25) is 0 Å². The molecule has 98 valence electrons. The summed E-state index contributed by atoms with van der Waals surface area (Å²) in [5.74, 6) is 1.45. The molecular weight excluding hydrogens is 214 g/mol. The maximum atomic E-state index is 11.6. The van der Waals surface area contributed by atoms with Crippen LogP contribution in [0.1, 0.15) is 26.7 Å². The van der Waals surface area contributed by atoms with Gasteiger partial charge < -0.3 is 15.5 Å². The normalized spacial score (nSPS) is 31.8. The summed E-state index contributed by atoms with van der Waals surface area (Å²) in [7, 11) is 0. The quantitative estimate of drug-likeness (QED) is 0.732. The smallest absolute Gasteiger partial charge is 0.233 e. The van der Waals surface area contributed by atoms with Crippen LogP contribution in [0.3, 0.4) is 0 Å². The van der Waals surface area contributed by atoms with Gasteiger partial charge in [0, 0.05) is 19.1 Å². The van der Waals surface area contributed by atoms with Gasteiger partial charge >= 0.3 is 0 Å². The van der Waals surface area contributed by atoms with Gasteiger partial charge in [-0.05, 0) is 37.8 Å². The van der Waals surface area contributed by atoms with Crippen LogP contribution in [-0.4, -0.2) is 49.6 Å². The molecule has 0 aliphatic carbocycles. The Balaban J connectivity index is 1.66. The molecule has 2 bridgehead atoms. The van der Waals surface area contributed by atoms with Crippen LogP contribution >= 0.6 is 0 Å². The summed E-state index contributed by atoms with van der Waals surface area (Å²) in [6, 6.07) is 0.530. The SMILES string of the molecule is CC(C)CNC(=O)CNC1CN2CCC1CC2. The predicted molar refractivity (Wildman–Crippen MR) is 68.8 cm³/mol. The zero-order chi connectivity index (χ0) is 12.3. The average Bonchev–Trinajstić information content (AvgIpc) is 2.35. The number of hydrogen-bond acceptors (Lipinski definition) is 3. The number of amides is 1. The lowest BCUT2D eigenvalue weighted by molar-refractivity contribution is -0.120. The molecule has 3 fully saturated rings. The highest BCUT2D eigenvalue weighted by atomic mass is 16.1. The van der Waals surface area contributed by atoms with Crippen LogP contribution < -0.4 is 10.6 Å². The minimum Gasteiger partial charge on any atom is -0.355 e. The summed E-state index contributed by atoms with van der Waals surface area (Å²) in [4.78, 5) is 14.1. The molecule has 2 N–H and O–H groups in total. The number of fused-ring (bicyclic) bond motifs is 3. The van der Waals surface area contributed by atoms with Crippen molar-refractivity contribution < 1.29 is 4.79 Å². The summed E-state index contributed by atoms with van der Waals surface area (Å²) >= 11 is 0. The number of carbonyl (C=O) groups excluding carboxylic acids is 1. The summed E-state index contributed by atoms with van der Waals surface area (Å²) in [6.07, 6.45) is 2.59. The van der Waals surface area contributed by atoms with Crippen LogP contribution in [0.5, 0.6) is 0 Å². The Labute approximate surface area is 104 Å². The van der Waals surface area contributed by atoms with Crippen molar-refractivity contribution in [1.29, 1.82) is 0 Å². The molecule has 1 atom stereocenters. The summed E-state index contributed by atoms with van der Waals surface area (Å²) < 4.78 is 0. The average molecular weight is 239 g/mol. The van der Waals surface area contributed by atoms with Crippen molar-refractivity contribution in [2.24, 2.45) is 11.8 Å². The van der Waals surface area contributed by atoms with Crippen LogP contribution in [0, 0.1) is 11.8 Å². The molecule has 4 heteroatoms. The van der Waals surface area contributed by atoms with E-state index in [2.05, 4.69) is 29.4 Å². The fraction of sp³-hybridized carbons (Fsp3) is 0.923. The summed E-state index contributed by atoms with van der Waals surface area (Å²) in [5, 5.41) is 6.37. The molecular formula is C13H25N3O. The second kappa shape index (κ2) is 5.83. The Morgan fingerprint density at radius 3 is 2.59 bits per heavy atom. The minimum absolute atomic E-state index is 0.134. The Bertz CT molecular complexity index is 259. The van der Waals surface area contributed by atoms with Gasteiger partial charge in [-0.15, -0.1) is 0 Å². The molecule has 1 amide bonds. The first kappa shape index (κ1) is 12.8. The van der Waals surface area contributed by atoms with Gasteiger partial charge in [-0.3, -0.25) is 4.79 Å². The molecule has 3 heterocycles. The first-order chi connectivity index (χ1) is 8.15. The number of carbonyl (C=O) groups is 1. The third-order valence-corrected chi connectivity index (χ3v) is 3.89. The van der Waals surface area contributed by atoms with Gasteiger partial charge in [-0.1, -0.05) is 13.8 Å². The third kappa shape index (κ3) is 3.68. The fourth-order valence-corrected chi connectivity index (χ4v) is 2.80. The Morgan fingerprint density at radius 2 is 2.06 bits per heavy atom. The van der Waals surface area contributed by atoms with Gasteiger partial charge in [0.1, 0.15) is 0 Å². The van der Waals surface area contributed by atoms with Gasteiger partial charge in [0.2, 0.25) is 5.91 Å². The van der Waals surface area contributed by atoms with Gasteiger partial charge in [0.25, 0.3) is 0 Å². The highest BCUT2D eigenvalue weighted by Crippen LogP contribution is 2.27. The van der Waals surface area contributed by atoms with Crippen molar-refractivity contribution in [2.45, 2.75) is 32.7 Å². The molecule has 0 aromatic rings. The lowest BCUT2D eigenvalue weighted by Crippen LogP contribution is -2.57. The number of nitrogens with zero attached hydrogens (tertiary/aromatic N) is 1. The van der Waals surface area contributed by atoms with E-state index in [0.717, 1.165) is 19.0 Å². The van der Waals surface area contributed by atoms with Gasteiger partial charge in [0.15, 0.2) is 0 Å². The largest absolute Gasteiger partial charge is 0.355 e. The topological polar surface area (TPSA) is 44.4 Å². The number of nitrogens with one attached hydrogen (secondary N) is 2. The second-order valence-electron chi connectivity index (χ2n) is 5.82. The Kier molecular flexibility index (Phi) is 4.40. The van der Waals surface area contributed by atoms with Crippen molar-refractivity contribution in [2.75, 3.05) is 32.7 Å². The van der Waals surface area contributed by atoms with Crippen LogP contribution in [0.25, 0.3) is 0 Å². The molecule has 0 aromatic heterocycles. The lowest BCUT2D eigenvalue weighted by atomic mass is 9.84. The first-order valence-corrected chi connectivity index (χ1v) is 6.87. The van der Waals surface area contributed by atoms with Gasteiger partial charge in [-0.2, -0.15) is 0 Å². The van der Waals surface area contributed by atoms with Crippen molar-refractivity contribution >= 4 is 5.91 Å². The number of hydrogen-bond donors (Lipinski definition) is 2. The minimum atomic E-state index is 0.134. The molecule has 3 aliphatic rings. The second-order valence-corrected chi connectivity index (χ2v) is 5.82. The van der Waals surface area contributed by atoms with E-state index in [4.69, 9.17) is 0 Å². The molecule has 0 saturated carbocycles. The fourth-order valence-electron chi connectivity index (χ4n) is 2.80. The van der Waals surface area contributed by atoms with E-state index in [9.17, 15) is 4.79 Å². The first-order valence-electron chi connectivity index (χ1n) is 6.87. The van der Waals surface area contributed by atoms with Crippen molar-refractivity contribution in [3.63, 3.8) is 0 Å². The molecule has 3 saturated heterocycles. The maximum Gasteiger partial charge on any atom is 0.233 e. The van der Waals surface area contributed by atoms with Crippen molar-refractivity contribution in [1.82, 2.24) is 15.5 Å². The van der Waals surface area contributed by atoms with Crippen LogP contribution in [0.4, 0.5) is 0 Å². The summed E-state index contributed by atoms with van der Waals surface area (Å²) in [5.41, 5.74) is 0. The molecule has 0 spiro atoms. The van der Waals surface area contributed by atoms with E-state index in [-0.39, 0.29) is 5.91 Å². The predicted octanol–water partition coefficient (Wildman–Crippen LogP) is 0.442. The molecule has 0 radical (unpaired) electrons. The molecule has 3 aliphatic heterocycles. The van der Waals surface area contributed by atoms with E-state index in [0.29, 0.717) is 18.5 Å². The standard InChI is InChI=1S/C13H25N3O/c1-10(2)7-15-13(17)8-14-12-9-16-5-3-11(12)4-6-16/h10-12,14H,3-9H2,1-2H3,(H,15,17). The highest BCUT2D eigenvalue weighted by molar-refractivity contribution is 5.78. The van der Waals surface area contributed by atoms with Gasteiger partial charge in [-0.25, -0.2) is 0 Å². The zero-order valence-corrected chi connectivity index (χ0v) is 11.0. The van der Waals surface area contributed by atoms with Crippen LogP contribution in [-0.2, 0) is 4.79 Å². The zero-order valence-electron chi connectivity index (χ0n) is 11.0. The highest BCUT2D eigenvalue weighted by Gasteiger charge is 2.33. The third-order valence-electron chi connectivity index (χ3n) is 3.89. The van der Waals surface area contributed by atoms with Gasteiger partial charge in [0.05, 0.1) is 6.54 Å². The Morgan fingerprint density at radius 1 is 1.35 bits per heavy atom. The van der Waals surface area contributed by atoms with Crippen molar-refractivity contribution in [3.05, 3.63) is 0 Å². The molecule has 4 nitrogen and oxygen atoms in total. The molecule has 17 heavy (non-hydrogen) atoms. The summed E-state index contributed by atoms with van der Waals surface area (Å²) in [6.45, 7) is 9.11. The molecule has 1 unspecified atom stereocenters. The number of rotatable bonds is 5. The Hall–Kier alpha value is -0.610. The van der Waals surface area contributed by atoms with Crippen molar-refractivity contribution in [3.8, 4) is 0 Å². The van der Waals surface area contributed by atoms with Crippen LogP contribution in [0.15, 0.2) is 0 Å². The van der Waals surface area contributed by atoms with E-state index in [1.54, 1.807) is 0 Å². The molecule has 3 rings (SSSR count). The number of piperidine rings is 3. The van der Waals surface area contributed by atoms with E-state index in [1.807, 2.05) is 0 Å². The maximum absolute atomic E-state index is 11.6. The molecule has 0 aromatic carbocycles. The lowest BCUT2D eigenvalue weighted by Gasteiger charge is -2.45. The monoisotopic (exact) mass is 239 g/mol. The van der Waals surface area contributed by atoms with E-state index < -0.39 is 0 Å². The van der Waals surface area contributed by atoms with E-state index >= 15 is 0 Å². The van der Waals surface area contributed by atoms with E-state index in [1.165, 1.54) is 25.9 Å².